The first kappa shape index (κ1) is 16.8. The number of carbonyl (C=O) groups excluding carboxylic acids is 1. The summed E-state index contributed by atoms with van der Waals surface area (Å²) in [6, 6.07) is 3.68. The second-order valence-corrected chi connectivity index (χ2v) is 5.63. The molecule has 1 aromatic heterocycles. The lowest BCUT2D eigenvalue weighted by molar-refractivity contribution is 0.0991. The van der Waals surface area contributed by atoms with Gasteiger partial charge in [0.25, 0.3) is 5.91 Å². The molecule has 0 fully saturated rings. The Labute approximate surface area is 123 Å². The van der Waals surface area contributed by atoms with Gasteiger partial charge in [-0.1, -0.05) is 64.7 Å². The lowest BCUT2D eigenvalue weighted by Gasteiger charge is -2.06. The van der Waals surface area contributed by atoms with Crippen molar-refractivity contribution in [2.75, 3.05) is 0 Å². The van der Waals surface area contributed by atoms with Crippen LogP contribution in [0.2, 0.25) is 0 Å². The molecule has 2 N–H and O–H groups in total. The number of hydrogen-bond acceptors (Lipinski definition) is 1. The Kier molecular flexibility index (Phi) is 8.84. The van der Waals surface area contributed by atoms with Gasteiger partial charge in [0.1, 0.15) is 5.69 Å². The zero-order chi connectivity index (χ0) is 14.6. The van der Waals surface area contributed by atoms with Gasteiger partial charge in [-0.2, -0.15) is 0 Å². The minimum Gasteiger partial charge on any atom is -0.364 e. The fourth-order valence-electron chi connectivity index (χ4n) is 2.60. The van der Waals surface area contributed by atoms with Gasteiger partial charge in [0.2, 0.25) is 0 Å². The minimum absolute atomic E-state index is 0.331. The highest BCUT2D eigenvalue weighted by molar-refractivity contribution is 5.91. The van der Waals surface area contributed by atoms with Crippen LogP contribution < -0.4 is 5.73 Å². The molecule has 3 heteroatoms. The molecule has 0 aromatic carbocycles. The third-order valence-electron chi connectivity index (χ3n) is 3.83. The number of aromatic nitrogens is 1. The topological polar surface area (TPSA) is 48.0 Å². The number of nitrogens with zero attached hydrogens (tertiary/aromatic N) is 1. The van der Waals surface area contributed by atoms with Gasteiger partial charge >= 0.3 is 0 Å². The summed E-state index contributed by atoms with van der Waals surface area (Å²) >= 11 is 0. The summed E-state index contributed by atoms with van der Waals surface area (Å²) in [4.78, 5) is 11.2. The average Bonchev–Trinajstić information content (AvgIpc) is 2.89. The molecule has 0 saturated heterocycles. The number of nitrogens with two attached hydrogens (primary N) is 1. The Balaban J connectivity index is 1.97. The molecule has 0 radical (unpaired) electrons. The van der Waals surface area contributed by atoms with Crippen molar-refractivity contribution in [3.63, 3.8) is 0 Å². The Hall–Kier alpha value is -1.25. The highest BCUT2D eigenvalue weighted by Crippen LogP contribution is 2.11. The molecule has 0 saturated carbocycles. The van der Waals surface area contributed by atoms with Crippen molar-refractivity contribution in [3.05, 3.63) is 24.0 Å². The van der Waals surface area contributed by atoms with Crippen LogP contribution in [0, 0.1) is 0 Å². The van der Waals surface area contributed by atoms with Gasteiger partial charge in [-0.15, -0.1) is 0 Å². The van der Waals surface area contributed by atoms with Gasteiger partial charge in [0, 0.05) is 12.7 Å². The molecular weight excluding hydrogens is 248 g/mol. The van der Waals surface area contributed by atoms with Crippen molar-refractivity contribution < 1.29 is 4.79 Å². The van der Waals surface area contributed by atoms with Crippen LogP contribution >= 0.6 is 0 Å². The monoisotopic (exact) mass is 278 g/mol. The Morgan fingerprint density at radius 1 is 1.00 bits per heavy atom. The largest absolute Gasteiger partial charge is 0.364 e. The molecule has 20 heavy (non-hydrogen) atoms. The van der Waals surface area contributed by atoms with E-state index in [1.54, 1.807) is 6.07 Å². The predicted molar refractivity (Wildman–Crippen MR) is 84.8 cm³/mol. The van der Waals surface area contributed by atoms with Crippen molar-refractivity contribution >= 4 is 5.91 Å². The molecule has 114 valence electrons. The number of primary amides is 1. The van der Waals surface area contributed by atoms with E-state index in [1.807, 2.05) is 16.8 Å². The zero-order valence-electron chi connectivity index (χ0n) is 12.9. The van der Waals surface area contributed by atoms with Crippen LogP contribution in [0.25, 0.3) is 0 Å². The van der Waals surface area contributed by atoms with Crippen LogP contribution in [0.5, 0.6) is 0 Å². The molecule has 0 bridgehead atoms. The van der Waals surface area contributed by atoms with E-state index in [4.69, 9.17) is 5.73 Å². The summed E-state index contributed by atoms with van der Waals surface area (Å²) in [5, 5.41) is 0. The maximum absolute atomic E-state index is 11.2. The van der Waals surface area contributed by atoms with Crippen molar-refractivity contribution in [1.29, 1.82) is 0 Å². The van der Waals surface area contributed by atoms with Crippen LogP contribution in [0.1, 0.15) is 81.6 Å². The molecule has 1 rings (SSSR count). The molecule has 1 heterocycles. The summed E-state index contributed by atoms with van der Waals surface area (Å²) in [5.41, 5.74) is 5.95. The molecule has 0 aliphatic carbocycles. The van der Waals surface area contributed by atoms with Crippen molar-refractivity contribution in [1.82, 2.24) is 4.57 Å². The molecule has 0 unspecified atom stereocenters. The second-order valence-electron chi connectivity index (χ2n) is 5.63. The van der Waals surface area contributed by atoms with E-state index in [-0.39, 0.29) is 5.91 Å². The summed E-state index contributed by atoms with van der Waals surface area (Å²) in [6.45, 7) is 3.16. The lowest BCUT2D eigenvalue weighted by Crippen LogP contribution is -2.16. The molecule has 3 nitrogen and oxygen atoms in total. The molecule has 1 amide bonds. The van der Waals surface area contributed by atoms with E-state index < -0.39 is 0 Å². The molecule has 0 spiro atoms. The van der Waals surface area contributed by atoms with E-state index in [0.29, 0.717) is 5.69 Å². The van der Waals surface area contributed by atoms with E-state index in [0.717, 1.165) is 13.0 Å². The zero-order valence-corrected chi connectivity index (χ0v) is 12.9. The number of hydrogen-bond donors (Lipinski definition) is 1. The van der Waals surface area contributed by atoms with Gasteiger partial charge in [-0.05, 0) is 18.6 Å². The Morgan fingerprint density at radius 2 is 1.55 bits per heavy atom. The molecule has 0 aliphatic rings. The van der Waals surface area contributed by atoms with Crippen LogP contribution in [0.4, 0.5) is 0 Å². The standard InChI is InChI=1S/C17H30N2O/c1-2-3-4-5-6-7-8-9-10-11-14-19-15-12-13-16(19)17(18)20/h12-13,15H,2-11,14H2,1H3,(H2,18,20). The number of carbonyl (C=O) groups is 1. The highest BCUT2D eigenvalue weighted by Gasteiger charge is 2.05. The molecule has 1 aromatic rings. The smallest absolute Gasteiger partial charge is 0.265 e. The normalized spacial score (nSPS) is 10.8. The Morgan fingerprint density at radius 3 is 2.10 bits per heavy atom. The van der Waals surface area contributed by atoms with Crippen LogP contribution in [0.3, 0.4) is 0 Å². The molecule has 0 aliphatic heterocycles. The van der Waals surface area contributed by atoms with E-state index in [2.05, 4.69) is 6.92 Å². The summed E-state index contributed by atoms with van der Waals surface area (Å²) < 4.78 is 1.97. The number of aryl methyl sites for hydroxylation is 1. The van der Waals surface area contributed by atoms with Crippen LogP contribution in [0.15, 0.2) is 18.3 Å². The summed E-state index contributed by atoms with van der Waals surface area (Å²) in [7, 11) is 0. The highest BCUT2D eigenvalue weighted by atomic mass is 16.1. The number of amides is 1. The van der Waals surface area contributed by atoms with Crippen LogP contribution in [-0.4, -0.2) is 10.5 Å². The first-order chi connectivity index (χ1) is 9.75. The van der Waals surface area contributed by atoms with E-state index in [1.165, 1.54) is 57.8 Å². The van der Waals surface area contributed by atoms with Gasteiger partial charge in [0.15, 0.2) is 0 Å². The molecular formula is C17H30N2O. The summed E-state index contributed by atoms with van der Waals surface area (Å²) in [6.07, 6.45) is 15.2. The first-order valence-electron chi connectivity index (χ1n) is 8.20. The van der Waals surface area contributed by atoms with Crippen LogP contribution in [-0.2, 0) is 6.54 Å². The van der Waals surface area contributed by atoms with Gasteiger partial charge in [0.05, 0.1) is 0 Å². The van der Waals surface area contributed by atoms with E-state index in [9.17, 15) is 4.79 Å². The summed E-state index contributed by atoms with van der Waals surface area (Å²) in [5.74, 6) is -0.331. The van der Waals surface area contributed by atoms with Gasteiger partial charge in [-0.25, -0.2) is 0 Å². The fourth-order valence-corrected chi connectivity index (χ4v) is 2.60. The van der Waals surface area contributed by atoms with Crippen molar-refractivity contribution in [2.24, 2.45) is 5.73 Å². The minimum atomic E-state index is -0.331. The third kappa shape index (κ3) is 6.78. The SMILES string of the molecule is CCCCCCCCCCCCn1cccc1C(N)=O. The van der Waals surface area contributed by atoms with Gasteiger partial charge in [-0.3, -0.25) is 4.79 Å². The maximum Gasteiger partial charge on any atom is 0.265 e. The lowest BCUT2D eigenvalue weighted by atomic mass is 10.1. The average molecular weight is 278 g/mol. The number of rotatable bonds is 12. The third-order valence-corrected chi connectivity index (χ3v) is 3.83. The quantitative estimate of drug-likeness (QED) is 0.562. The first-order valence-corrected chi connectivity index (χ1v) is 8.20. The fraction of sp³-hybridized carbons (Fsp3) is 0.706. The van der Waals surface area contributed by atoms with Crippen molar-refractivity contribution in [3.8, 4) is 0 Å². The predicted octanol–water partition coefficient (Wildman–Crippen LogP) is 4.51. The van der Waals surface area contributed by atoms with Crippen molar-refractivity contribution in [2.45, 2.75) is 77.7 Å². The van der Waals surface area contributed by atoms with E-state index >= 15 is 0 Å². The Bertz CT molecular complexity index is 371. The number of unbranched alkanes of at least 4 members (excludes halogenated alkanes) is 9. The maximum atomic E-state index is 11.2. The second kappa shape index (κ2) is 10.5. The van der Waals surface area contributed by atoms with Gasteiger partial charge < -0.3 is 10.3 Å². The molecule has 0 atom stereocenters.